The number of hydrogen-bond donors (Lipinski definition) is 1. The van der Waals surface area contributed by atoms with E-state index in [9.17, 15) is 9.59 Å². The molecule has 162 valence electrons. The fraction of sp³-hybridized carbons (Fsp3) is 0.500. The number of aliphatic carboxylic acids is 1. The first-order chi connectivity index (χ1) is 14.7. The van der Waals surface area contributed by atoms with Crippen LogP contribution in [0.2, 0.25) is 0 Å². The molecule has 1 heterocycles. The van der Waals surface area contributed by atoms with Crippen molar-refractivity contribution in [3.8, 4) is 0 Å². The van der Waals surface area contributed by atoms with Crippen molar-refractivity contribution in [1.82, 2.24) is 4.90 Å². The lowest BCUT2D eigenvalue weighted by atomic mass is 10.0. The summed E-state index contributed by atoms with van der Waals surface area (Å²) in [4.78, 5) is 33.8. The normalized spacial score (nSPS) is 20.4. The Kier molecular flexibility index (Phi) is 11.2. The summed E-state index contributed by atoms with van der Waals surface area (Å²) in [6.45, 7) is 1.67. The zero-order chi connectivity index (χ0) is 21.4. The number of likely N-dealkylation sites (tertiary alicyclic amines) is 1. The third kappa shape index (κ3) is 9.63. The fourth-order valence-corrected chi connectivity index (χ4v) is 3.37. The molecule has 0 aromatic rings. The quantitative estimate of drug-likeness (QED) is 0.377. The van der Waals surface area contributed by atoms with Crippen LogP contribution in [0, 0.1) is 11.8 Å². The molecule has 2 unspecified atom stereocenters. The van der Waals surface area contributed by atoms with Gasteiger partial charge in [-0.05, 0) is 44.9 Å². The van der Waals surface area contributed by atoms with Crippen LogP contribution in [0.25, 0.3) is 0 Å². The summed E-state index contributed by atoms with van der Waals surface area (Å²) < 4.78 is 0. The van der Waals surface area contributed by atoms with Crippen LogP contribution in [0.15, 0.2) is 58.8 Å². The maximum atomic E-state index is 12.8. The van der Waals surface area contributed by atoms with Gasteiger partial charge in [0.1, 0.15) is 0 Å². The van der Waals surface area contributed by atoms with Gasteiger partial charge in [-0.15, -0.1) is 0 Å². The van der Waals surface area contributed by atoms with Gasteiger partial charge in [0.2, 0.25) is 5.91 Å². The summed E-state index contributed by atoms with van der Waals surface area (Å²) in [5.74, 6) is -0.517. The van der Waals surface area contributed by atoms with Crippen molar-refractivity contribution < 1.29 is 14.7 Å². The van der Waals surface area contributed by atoms with E-state index < -0.39 is 5.97 Å². The summed E-state index contributed by atoms with van der Waals surface area (Å²) >= 11 is 0. The second-order valence-electron chi connectivity index (χ2n) is 7.58. The van der Waals surface area contributed by atoms with Gasteiger partial charge in [0, 0.05) is 50.3 Å². The first kappa shape index (κ1) is 23.5. The van der Waals surface area contributed by atoms with E-state index in [0.717, 1.165) is 45.2 Å². The number of carboxylic acid groups (broad SMARTS) is 1. The number of nitrogens with zero attached hydrogens (tertiary/aromatic N) is 3. The third-order valence-electron chi connectivity index (χ3n) is 5.09. The van der Waals surface area contributed by atoms with Crippen molar-refractivity contribution in [3.63, 3.8) is 0 Å². The molecule has 1 amide bonds. The van der Waals surface area contributed by atoms with Gasteiger partial charge in [-0.25, -0.2) is 0 Å². The molecule has 1 fully saturated rings. The van der Waals surface area contributed by atoms with E-state index in [-0.39, 0.29) is 18.2 Å². The number of rotatable bonds is 12. The standard InChI is InChI=1S/C24H33N3O3/c28-23(29)13-5-2-6-15-25-17-14-22(24(30)27-18-7-8-19-27)12-9-16-26-20-21-10-3-1-4-11-21/h1,3-4,9-10,14-17,20-22H,2,5-8,11-13,18-19H2,(H,28,29)/b16-9+,17-14+,25-15?,26-20?. The van der Waals surface area contributed by atoms with Crippen molar-refractivity contribution in [2.75, 3.05) is 13.1 Å². The van der Waals surface area contributed by atoms with Crippen LogP contribution in [0.4, 0.5) is 0 Å². The average molecular weight is 412 g/mol. The van der Waals surface area contributed by atoms with Gasteiger partial charge in [-0.1, -0.05) is 36.5 Å². The average Bonchev–Trinajstić information content (AvgIpc) is 3.29. The zero-order valence-corrected chi connectivity index (χ0v) is 17.6. The molecule has 1 aliphatic heterocycles. The van der Waals surface area contributed by atoms with Crippen molar-refractivity contribution >= 4 is 24.3 Å². The molecule has 2 rings (SSSR count). The molecule has 0 aromatic carbocycles. The number of hydrogen-bond acceptors (Lipinski definition) is 4. The van der Waals surface area contributed by atoms with Crippen molar-refractivity contribution in [1.29, 1.82) is 0 Å². The number of aliphatic imine (C=N–C) groups is 2. The van der Waals surface area contributed by atoms with Gasteiger partial charge in [0.15, 0.2) is 0 Å². The number of carboxylic acids is 1. The Bertz CT molecular complexity index is 713. The summed E-state index contributed by atoms with van der Waals surface area (Å²) in [7, 11) is 0. The highest BCUT2D eigenvalue weighted by molar-refractivity contribution is 5.81. The summed E-state index contributed by atoms with van der Waals surface area (Å²) in [6.07, 6.45) is 25.4. The Balaban J connectivity index is 1.82. The number of carbonyl (C=O) groups is 2. The van der Waals surface area contributed by atoms with E-state index in [2.05, 4.69) is 22.1 Å². The smallest absolute Gasteiger partial charge is 0.303 e. The van der Waals surface area contributed by atoms with Gasteiger partial charge in [-0.2, -0.15) is 0 Å². The molecular formula is C24H33N3O3. The van der Waals surface area contributed by atoms with E-state index >= 15 is 0 Å². The maximum Gasteiger partial charge on any atom is 0.303 e. The molecule has 2 aliphatic rings. The van der Waals surface area contributed by atoms with Crippen LogP contribution in [0.3, 0.4) is 0 Å². The molecule has 6 nitrogen and oxygen atoms in total. The van der Waals surface area contributed by atoms with E-state index in [1.807, 2.05) is 35.4 Å². The number of allylic oxidation sites excluding steroid dienone is 5. The van der Waals surface area contributed by atoms with E-state index in [1.54, 1.807) is 18.6 Å². The SMILES string of the molecule is O=C(O)CCCCC=N/C=C/C(C/C=C/N=CC1C=CC=CC1)C(=O)N1CCCC1. The highest BCUT2D eigenvalue weighted by Crippen LogP contribution is 2.17. The predicted molar refractivity (Wildman–Crippen MR) is 122 cm³/mol. The van der Waals surface area contributed by atoms with Crippen LogP contribution < -0.4 is 0 Å². The molecule has 2 atom stereocenters. The lowest BCUT2D eigenvalue weighted by molar-refractivity contribution is -0.137. The number of carbonyl (C=O) groups excluding carboxylic acids is 1. The van der Waals surface area contributed by atoms with Crippen LogP contribution in [0.1, 0.15) is 51.4 Å². The second-order valence-corrected chi connectivity index (χ2v) is 7.58. The lowest BCUT2D eigenvalue weighted by Gasteiger charge is -2.19. The minimum atomic E-state index is -0.764. The van der Waals surface area contributed by atoms with E-state index in [1.165, 1.54) is 0 Å². The summed E-state index contributed by atoms with van der Waals surface area (Å²) in [6, 6.07) is 0. The minimum Gasteiger partial charge on any atom is -0.481 e. The lowest BCUT2D eigenvalue weighted by Crippen LogP contribution is -2.32. The molecular weight excluding hydrogens is 378 g/mol. The minimum absolute atomic E-state index is 0.148. The molecule has 1 saturated heterocycles. The Morgan fingerprint density at radius 3 is 2.70 bits per heavy atom. The van der Waals surface area contributed by atoms with Crippen LogP contribution in [-0.2, 0) is 9.59 Å². The monoisotopic (exact) mass is 411 g/mol. The molecule has 6 heteroatoms. The largest absolute Gasteiger partial charge is 0.481 e. The van der Waals surface area contributed by atoms with Crippen LogP contribution >= 0.6 is 0 Å². The van der Waals surface area contributed by atoms with Gasteiger partial charge in [0.05, 0.1) is 5.92 Å². The molecule has 1 N–H and O–H groups in total. The van der Waals surface area contributed by atoms with Crippen molar-refractivity contribution in [2.45, 2.75) is 51.4 Å². The van der Waals surface area contributed by atoms with E-state index in [0.29, 0.717) is 18.8 Å². The Morgan fingerprint density at radius 1 is 1.13 bits per heavy atom. The number of amides is 1. The van der Waals surface area contributed by atoms with Gasteiger partial charge < -0.3 is 10.0 Å². The Labute approximate surface area is 179 Å². The highest BCUT2D eigenvalue weighted by atomic mass is 16.4. The number of unbranched alkanes of at least 4 members (excludes halogenated alkanes) is 2. The molecule has 0 radical (unpaired) electrons. The fourth-order valence-electron chi connectivity index (χ4n) is 3.37. The molecule has 30 heavy (non-hydrogen) atoms. The third-order valence-corrected chi connectivity index (χ3v) is 5.09. The van der Waals surface area contributed by atoms with Crippen molar-refractivity contribution in [3.05, 3.63) is 48.9 Å². The van der Waals surface area contributed by atoms with Crippen LogP contribution in [-0.4, -0.2) is 47.4 Å². The molecule has 0 spiro atoms. The van der Waals surface area contributed by atoms with Crippen molar-refractivity contribution in [2.24, 2.45) is 21.8 Å². The summed E-state index contributed by atoms with van der Waals surface area (Å²) in [5.41, 5.74) is 0. The predicted octanol–water partition coefficient (Wildman–Crippen LogP) is 4.56. The van der Waals surface area contributed by atoms with Crippen LogP contribution in [0.5, 0.6) is 0 Å². The first-order valence-corrected chi connectivity index (χ1v) is 10.9. The van der Waals surface area contributed by atoms with Gasteiger partial charge in [-0.3, -0.25) is 19.6 Å². The highest BCUT2D eigenvalue weighted by Gasteiger charge is 2.23. The van der Waals surface area contributed by atoms with E-state index in [4.69, 9.17) is 5.11 Å². The second kappa shape index (κ2) is 14.3. The summed E-state index contributed by atoms with van der Waals surface area (Å²) in [5, 5.41) is 8.63. The van der Waals surface area contributed by atoms with Gasteiger partial charge in [0.25, 0.3) is 0 Å². The maximum absolute atomic E-state index is 12.8. The Morgan fingerprint density at radius 2 is 1.97 bits per heavy atom. The first-order valence-electron chi connectivity index (χ1n) is 10.9. The molecule has 0 bridgehead atoms. The topological polar surface area (TPSA) is 82.3 Å². The molecule has 1 aliphatic carbocycles. The molecule has 0 saturated carbocycles. The Hall–Kier alpha value is -2.76. The van der Waals surface area contributed by atoms with Gasteiger partial charge >= 0.3 is 5.97 Å². The zero-order valence-electron chi connectivity index (χ0n) is 17.6. The molecule has 0 aromatic heterocycles.